The SMILES string of the molecule is CCNC(=O)N1CCc2ccc(NC(=O)c3ccc(Br)cc3F)cc21. The molecule has 0 saturated carbocycles. The second-order valence-corrected chi connectivity index (χ2v) is 6.57. The van der Waals surface area contributed by atoms with Crippen LogP contribution in [-0.2, 0) is 6.42 Å². The molecule has 0 unspecified atom stereocenters. The largest absolute Gasteiger partial charge is 0.338 e. The van der Waals surface area contributed by atoms with E-state index in [-0.39, 0.29) is 11.6 Å². The maximum absolute atomic E-state index is 13.9. The number of hydrogen-bond donors (Lipinski definition) is 2. The van der Waals surface area contributed by atoms with Gasteiger partial charge < -0.3 is 10.6 Å². The van der Waals surface area contributed by atoms with Gasteiger partial charge in [-0.25, -0.2) is 9.18 Å². The Kier molecular flexibility index (Phi) is 5.03. The predicted molar refractivity (Wildman–Crippen MR) is 98.6 cm³/mol. The highest BCUT2D eigenvalue weighted by atomic mass is 79.9. The van der Waals surface area contributed by atoms with Crippen LogP contribution in [0.25, 0.3) is 0 Å². The molecule has 7 heteroatoms. The summed E-state index contributed by atoms with van der Waals surface area (Å²) in [5.74, 6) is -1.13. The van der Waals surface area contributed by atoms with Gasteiger partial charge in [-0.3, -0.25) is 9.69 Å². The topological polar surface area (TPSA) is 61.4 Å². The third kappa shape index (κ3) is 3.66. The van der Waals surface area contributed by atoms with Crippen LogP contribution < -0.4 is 15.5 Å². The van der Waals surface area contributed by atoms with E-state index in [2.05, 4.69) is 26.6 Å². The molecule has 2 aromatic rings. The second-order valence-electron chi connectivity index (χ2n) is 5.66. The fourth-order valence-corrected chi connectivity index (χ4v) is 3.12. The summed E-state index contributed by atoms with van der Waals surface area (Å²) in [6, 6.07) is 9.49. The van der Waals surface area contributed by atoms with Crippen molar-refractivity contribution in [2.75, 3.05) is 23.3 Å². The highest BCUT2D eigenvalue weighted by Gasteiger charge is 2.25. The zero-order chi connectivity index (χ0) is 18.0. The van der Waals surface area contributed by atoms with Crippen molar-refractivity contribution in [3.8, 4) is 0 Å². The molecule has 3 rings (SSSR count). The lowest BCUT2D eigenvalue weighted by molar-refractivity contribution is 0.102. The Morgan fingerprint density at radius 2 is 2.04 bits per heavy atom. The van der Waals surface area contributed by atoms with Crippen molar-refractivity contribution in [3.63, 3.8) is 0 Å². The Morgan fingerprint density at radius 1 is 1.24 bits per heavy atom. The number of nitrogens with one attached hydrogen (secondary N) is 2. The fourth-order valence-electron chi connectivity index (χ4n) is 2.79. The standard InChI is InChI=1S/C18H17BrFN3O2/c1-2-21-18(25)23-8-7-11-3-5-13(10-16(11)23)22-17(24)14-6-4-12(19)9-15(14)20/h3-6,9-10H,2,7-8H2,1H3,(H,21,25)(H,22,24). The third-order valence-corrected chi connectivity index (χ3v) is 4.48. The average Bonchev–Trinajstić information content (AvgIpc) is 2.98. The number of fused-ring (bicyclic) bond motifs is 1. The maximum atomic E-state index is 13.9. The smallest absolute Gasteiger partial charge is 0.321 e. The summed E-state index contributed by atoms with van der Waals surface area (Å²) in [7, 11) is 0. The molecule has 0 radical (unpaired) electrons. The van der Waals surface area contributed by atoms with Crippen molar-refractivity contribution in [3.05, 3.63) is 57.8 Å². The molecule has 5 nitrogen and oxygen atoms in total. The maximum Gasteiger partial charge on any atom is 0.321 e. The van der Waals surface area contributed by atoms with Gasteiger partial charge in [-0.2, -0.15) is 0 Å². The van der Waals surface area contributed by atoms with E-state index in [0.717, 1.165) is 17.7 Å². The molecule has 0 saturated heterocycles. The third-order valence-electron chi connectivity index (χ3n) is 3.99. The van der Waals surface area contributed by atoms with E-state index in [4.69, 9.17) is 0 Å². The fraction of sp³-hybridized carbons (Fsp3) is 0.222. The van der Waals surface area contributed by atoms with Gasteiger partial charge in [-0.05, 0) is 49.2 Å². The molecule has 2 N–H and O–H groups in total. The van der Waals surface area contributed by atoms with Gasteiger partial charge in [0.15, 0.2) is 0 Å². The number of carbonyl (C=O) groups is 2. The van der Waals surface area contributed by atoms with Gasteiger partial charge in [0.2, 0.25) is 0 Å². The van der Waals surface area contributed by atoms with E-state index in [1.165, 1.54) is 12.1 Å². The number of benzene rings is 2. The molecule has 0 fully saturated rings. The first-order valence-electron chi connectivity index (χ1n) is 7.94. The van der Waals surface area contributed by atoms with E-state index in [1.807, 2.05) is 13.0 Å². The van der Waals surface area contributed by atoms with Crippen LogP contribution in [0.2, 0.25) is 0 Å². The van der Waals surface area contributed by atoms with E-state index < -0.39 is 11.7 Å². The zero-order valence-electron chi connectivity index (χ0n) is 13.6. The molecular weight excluding hydrogens is 389 g/mol. The number of amides is 3. The molecule has 0 bridgehead atoms. The molecule has 0 aromatic heterocycles. The molecule has 3 amide bonds. The van der Waals surface area contributed by atoms with E-state index in [0.29, 0.717) is 23.2 Å². The van der Waals surface area contributed by atoms with Crippen molar-refractivity contribution >= 4 is 39.2 Å². The first-order valence-corrected chi connectivity index (χ1v) is 8.73. The molecule has 1 aliphatic rings. The average molecular weight is 406 g/mol. The summed E-state index contributed by atoms with van der Waals surface area (Å²) in [4.78, 5) is 26.1. The molecule has 0 aliphatic carbocycles. The highest BCUT2D eigenvalue weighted by Crippen LogP contribution is 2.31. The lowest BCUT2D eigenvalue weighted by Gasteiger charge is -2.18. The van der Waals surface area contributed by atoms with Crippen LogP contribution in [0.5, 0.6) is 0 Å². The van der Waals surface area contributed by atoms with Gasteiger partial charge in [0.25, 0.3) is 5.91 Å². The molecule has 1 heterocycles. The predicted octanol–water partition coefficient (Wildman–Crippen LogP) is 3.93. The van der Waals surface area contributed by atoms with Gasteiger partial charge in [0, 0.05) is 23.2 Å². The summed E-state index contributed by atoms with van der Waals surface area (Å²) in [6.07, 6.45) is 0.766. The second kappa shape index (κ2) is 7.23. The first kappa shape index (κ1) is 17.4. The van der Waals surface area contributed by atoms with Crippen molar-refractivity contribution < 1.29 is 14.0 Å². The lowest BCUT2D eigenvalue weighted by Crippen LogP contribution is -2.38. The minimum atomic E-state index is -0.600. The van der Waals surface area contributed by atoms with Crippen LogP contribution >= 0.6 is 15.9 Å². The normalized spacial score (nSPS) is 12.7. The Bertz CT molecular complexity index is 841. The van der Waals surface area contributed by atoms with Crippen LogP contribution in [0.15, 0.2) is 40.9 Å². The summed E-state index contributed by atoms with van der Waals surface area (Å²) < 4.78 is 14.5. The zero-order valence-corrected chi connectivity index (χ0v) is 15.2. The van der Waals surface area contributed by atoms with Gasteiger partial charge in [0.05, 0.1) is 11.3 Å². The number of rotatable bonds is 3. The van der Waals surface area contributed by atoms with Crippen molar-refractivity contribution in [2.24, 2.45) is 0 Å². The molecule has 2 aromatic carbocycles. The van der Waals surface area contributed by atoms with E-state index in [9.17, 15) is 14.0 Å². The van der Waals surface area contributed by atoms with E-state index in [1.54, 1.807) is 23.1 Å². The van der Waals surface area contributed by atoms with Crippen LogP contribution in [-0.4, -0.2) is 25.0 Å². The van der Waals surface area contributed by atoms with Crippen molar-refractivity contribution in [1.82, 2.24) is 5.32 Å². The highest BCUT2D eigenvalue weighted by molar-refractivity contribution is 9.10. The van der Waals surface area contributed by atoms with E-state index >= 15 is 0 Å². The number of hydrogen-bond acceptors (Lipinski definition) is 2. The molecule has 0 atom stereocenters. The van der Waals surface area contributed by atoms with Gasteiger partial charge >= 0.3 is 6.03 Å². The van der Waals surface area contributed by atoms with Crippen molar-refractivity contribution in [1.29, 1.82) is 0 Å². The Morgan fingerprint density at radius 3 is 2.76 bits per heavy atom. The minimum absolute atomic E-state index is 0.0377. The summed E-state index contributed by atoms with van der Waals surface area (Å²) in [5.41, 5.74) is 2.28. The van der Waals surface area contributed by atoms with Crippen LogP contribution in [0.1, 0.15) is 22.8 Å². The van der Waals surface area contributed by atoms with Crippen LogP contribution in [0.4, 0.5) is 20.6 Å². The molecule has 130 valence electrons. The number of halogens is 2. The Hall–Kier alpha value is -2.41. The first-order chi connectivity index (χ1) is 12.0. The Balaban J connectivity index is 1.81. The lowest BCUT2D eigenvalue weighted by atomic mass is 10.1. The van der Waals surface area contributed by atoms with Gasteiger partial charge in [-0.15, -0.1) is 0 Å². The summed E-state index contributed by atoms with van der Waals surface area (Å²) in [5, 5.41) is 5.46. The summed E-state index contributed by atoms with van der Waals surface area (Å²) >= 11 is 3.16. The minimum Gasteiger partial charge on any atom is -0.338 e. The number of urea groups is 1. The Labute approximate surface area is 153 Å². The molecule has 25 heavy (non-hydrogen) atoms. The van der Waals surface area contributed by atoms with Crippen LogP contribution in [0, 0.1) is 5.82 Å². The monoisotopic (exact) mass is 405 g/mol. The van der Waals surface area contributed by atoms with Crippen LogP contribution in [0.3, 0.4) is 0 Å². The van der Waals surface area contributed by atoms with Gasteiger partial charge in [-0.1, -0.05) is 22.0 Å². The van der Waals surface area contributed by atoms with Gasteiger partial charge in [0.1, 0.15) is 5.82 Å². The number of nitrogens with zero attached hydrogens (tertiary/aromatic N) is 1. The number of carbonyl (C=O) groups excluding carboxylic acids is 2. The molecule has 0 spiro atoms. The molecular formula is C18H17BrFN3O2. The quantitative estimate of drug-likeness (QED) is 0.812. The van der Waals surface area contributed by atoms with Crippen molar-refractivity contribution in [2.45, 2.75) is 13.3 Å². The summed E-state index contributed by atoms with van der Waals surface area (Å²) in [6.45, 7) is 3.00. The molecule has 1 aliphatic heterocycles. The number of anilines is 2.